The van der Waals surface area contributed by atoms with Gasteiger partial charge in [0.05, 0.1) is 17.7 Å². The van der Waals surface area contributed by atoms with E-state index in [1.165, 1.54) is 32.1 Å². The van der Waals surface area contributed by atoms with Crippen molar-refractivity contribution in [3.63, 3.8) is 0 Å². The lowest BCUT2D eigenvalue weighted by atomic mass is 9.89. The molecule has 1 saturated carbocycles. The fraction of sp³-hybridized carbons (Fsp3) is 0.714. The summed E-state index contributed by atoms with van der Waals surface area (Å²) in [6.45, 7) is 18.1. The molecule has 2 aliphatic rings. The van der Waals surface area contributed by atoms with Crippen LogP contribution in [0.4, 0.5) is 11.6 Å². The van der Waals surface area contributed by atoms with Crippen molar-refractivity contribution in [1.29, 1.82) is 0 Å². The summed E-state index contributed by atoms with van der Waals surface area (Å²) in [5.41, 5.74) is 0.667. The van der Waals surface area contributed by atoms with E-state index >= 15 is 0 Å². The first-order chi connectivity index (χ1) is 16.1. The van der Waals surface area contributed by atoms with Gasteiger partial charge in [-0.2, -0.15) is 4.99 Å². The summed E-state index contributed by atoms with van der Waals surface area (Å²) in [6, 6.07) is 1.95. The molecule has 0 radical (unpaired) electrons. The molecule has 34 heavy (non-hydrogen) atoms. The average molecular weight is 490 g/mol. The zero-order chi connectivity index (χ0) is 24.9. The number of nitrogens with zero attached hydrogens (tertiary/aromatic N) is 2. The van der Waals surface area contributed by atoms with Crippen LogP contribution in [-0.2, 0) is 9.47 Å². The molecule has 1 aromatic heterocycles. The lowest BCUT2D eigenvalue weighted by Gasteiger charge is -2.28. The largest absolute Gasteiger partial charge is 0.474 e. The fourth-order valence-corrected chi connectivity index (χ4v) is 5.26. The first kappa shape index (κ1) is 27.0. The molecule has 5 nitrogen and oxygen atoms in total. The Morgan fingerprint density at radius 2 is 2.06 bits per heavy atom. The van der Waals surface area contributed by atoms with Crippen LogP contribution in [0.5, 0.6) is 0 Å². The minimum Gasteiger partial charge on any atom is -0.474 e. The molecule has 2 unspecified atom stereocenters. The number of pyridine rings is 1. The molecule has 6 heteroatoms. The Morgan fingerprint density at radius 1 is 1.35 bits per heavy atom. The normalized spacial score (nSPS) is 25.3. The number of hydrogen-bond acceptors (Lipinski definition) is 5. The van der Waals surface area contributed by atoms with E-state index in [0.29, 0.717) is 41.0 Å². The van der Waals surface area contributed by atoms with Crippen molar-refractivity contribution >= 4 is 29.1 Å². The number of nitrogens with one attached hydrogen (secondary N) is 1. The number of hydrogen-bond donors (Lipinski definition) is 1. The van der Waals surface area contributed by atoms with Crippen LogP contribution in [0.25, 0.3) is 0 Å². The molecule has 3 rings (SSSR count). The van der Waals surface area contributed by atoms with Gasteiger partial charge in [-0.3, -0.25) is 0 Å². The van der Waals surface area contributed by atoms with E-state index in [0.717, 1.165) is 18.5 Å². The highest BCUT2D eigenvalue weighted by Gasteiger charge is 2.40. The number of aryl methyl sites for hydroxylation is 1. The maximum atomic E-state index is 6.55. The zero-order valence-electron chi connectivity index (χ0n) is 22.0. The first-order valence-corrected chi connectivity index (χ1v) is 13.4. The number of allylic oxidation sites excluding steroid dienone is 1. The third-order valence-corrected chi connectivity index (χ3v) is 7.48. The molecule has 0 aromatic carbocycles. The SMILES string of the molecule is C=CCC(C)[C@H]1OCC(O/C(=N/c2nc(NCC3CCCCC3)c(Cl)cc2C)C(C)(C)C)[C@H]1C. The number of ether oxygens (including phenoxy) is 2. The van der Waals surface area contributed by atoms with E-state index in [9.17, 15) is 0 Å². The number of halogens is 1. The minimum absolute atomic E-state index is 0.0354. The molecule has 1 N–H and O–H groups in total. The van der Waals surface area contributed by atoms with Gasteiger partial charge in [-0.1, -0.05) is 71.6 Å². The van der Waals surface area contributed by atoms with Crippen molar-refractivity contribution in [3.8, 4) is 0 Å². The van der Waals surface area contributed by atoms with Gasteiger partial charge < -0.3 is 14.8 Å². The van der Waals surface area contributed by atoms with Crippen molar-refractivity contribution in [2.24, 2.45) is 28.2 Å². The minimum atomic E-state index is -0.270. The number of aromatic nitrogens is 1. The molecular formula is C28H44ClN3O2. The lowest BCUT2D eigenvalue weighted by Crippen LogP contribution is -2.34. The molecular weight excluding hydrogens is 446 g/mol. The summed E-state index contributed by atoms with van der Waals surface area (Å²) < 4.78 is 12.7. The average Bonchev–Trinajstić information content (AvgIpc) is 3.14. The summed E-state index contributed by atoms with van der Waals surface area (Å²) in [5.74, 6) is 3.42. The molecule has 2 heterocycles. The van der Waals surface area contributed by atoms with Crippen molar-refractivity contribution in [2.75, 3.05) is 18.5 Å². The second kappa shape index (κ2) is 11.9. The molecule has 190 valence electrons. The van der Waals surface area contributed by atoms with E-state index in [1.54, 1.807) is 0 Å². The molecule has 4 atom stereocenters. The summed E-state index contributed by atoms with van der Waals surface area (Å²) in [4.78, 5) is 9.76. The predicted octanol–water partition coefficient (Wildman–Crippen LogP) is 7.74. The predicted molar refractivity (Wildman–Crippen MR) is 143 cm³/mol. The molecule has 1 aromatic rings. The molecule has 2 fully saturated rings. The highest BCUT2D eigenvalue weighted by Crippen LogP contribution is 2.34. The third kappa shape index (κ3) is 6.97. The topological polar surface area (TPSA) is 55.7 Å². The number of anilines is 1. The van der Waals surface area contributed by atoms with Crippen LogP contribution in [-0.4, -0.2) is 36.2 Å². The Kier molecular flexibility index (Phi) is 9.45. The van der Waals surface area contributed by atoms with Crippen LogP contribution in [0.1, 0.15) is 78.7 Å². The van der Waals surface area contributed by atoms with E-state index < -0.39 is 0 Å². The Bertz CT molecular complexity index is 858. The lowest BCUT2D eigenvalue weighted by molar-refractivity contribution is 0.0510. The van der Waals surface area contributed by atoms with Gasteiger partial charge in [0.15, 0.2) is 11.7 Å². The van der Waals surface area contributed by atoms with E-state index in [1.807, 2.05) is 19.1 Å². The van der Waals surface area contributed by atoms with Crippen LogP contribution in [0.2, 0.25) is 5.02 Å². The van der Waals surface area contributed by atoms with E-state index in [-0.39, 0.29) is 23.5 Å². The van der Waals surface area contributed by atoms with Gasteiger partial charge in [-0.05, 0) is 49.7 Å². The standard InChI is InChI=1S/C28H44ClN3O2/c1-8-12-18(2)24-20(4)23(17-33-24)34-27(28(5,6)7)32-25-19(3)15-22(29)26(31-25)30-16-21-13-10-9-11-14-21/h8,15,18,20-21,23-24H,1,9-14,16-17H2,2-7H3,(H,30,31)/b32-27+/t18?,20-,23?,24-/m1/s1. The van der Waals surface area contributed by atoms with Crippen molar-refractivity contribution < 1.29 is 9.47 Å². The summed E-state index contributed by atoms with van der Waals surface area (Å²) >= 11 is 6.55. The summed E-state index contributed by atoms with van der Waals surface area (Å²) in [7, 11) is 0. The van der Waals surface area contributed by atoms with Crippen molar-refractivity contribution in [1.82, 2.24) is 4.98 Å². The van der Waals surface area contributed by atoms with Gasteiger partial charge >= 0.3 is 0 Å². The van der Waals surface area contributed by atoms with Gasteiger partial charge in [0, 0.05) is 17.9 Å². The van der Waals surface area contributed by atoms with Crippen LogP contribution in [0, 0.1) is 30.1 Å². The molecule has 0 spiro atoms. The first-order valence-electron chi connectivity index (χ1n) is 13.0. The van der Waals surface area contributed by atoms with Gasteiger partial charge in [-0.25, -0.2) is 4.98 Å². The van der Waals surface area contributed by atoms with Crippen LogP contribution < -0.4 is 5.32 Å². The molecule has 1 saturated heterocycles. The van der Waals surface area contributed by atoms with E-state index in [2.05, 4.69) is 46.5 Å². The van der Waals surface area contributed by atoms with Gasteiger partial charge in [-0.15, -0.1) is 6.58 Å². The quantitative estimate of drug-likeness (QED) is 0.230. The molecule has 0 bridgehead atoms. The monoisotopic (exact) mass is 489 g/mol. The molecule has 0 amide bonds. The van der Waals surface area contributed by atoms with E-state index in [4.69, 9.17) is 31.1 Å². The Hall–Kier alpha value is -1.59. The maximum Gasteiger partial charge on any atom is 0.195 e. The highest BCUT2D eigenvalue weighted by atomic mass is 35.5. The molecule has 1 aliphatic carbocycles. The summed E-state index contributed by atoms with van der Waals surface area (Å²) in [5, 5.41) is 4.13. The van der Waals surface area contributed by atoms with Gasteiger partial charge in [0.2, 0.25) is 0 Å². The zero-order valence-corrected chi connectivity index (χ0v) is 22.8. The highest BCUT2D eigenvalue weighted by molar-refractivity contribution is 6.33. The Morgan fingerprint density at radius 3 is 2.71 bits per heavy atom. The van der Waals surface area contributed by atoms with Crippen molar-refractivity contribution in [2.45, 2.75) is 92.3 Å². The Labute approximate surface area is 211 Å². The fourth-order valence-electron chi connectivity index (χ4n) is 4.99. The van der Waals surface area contributed by atoms with Crippen molar-refractivity contribution in [3.05, 3.63) is 29.3 Å². The second-order valence-corrected chi connectivity index (χ2v) is 11.7. The summed E-state index contributed by atoms with van der Waals surface area (Å²) in [6.07, 6.45) is 9.57. The van der Waals surface area contributed by atoms with Crippen LogP contribution in [0.15, 0.2) is 23.7 Å². The van der Waals surface area contributed by atoms with Gasteiger partial charge in [0.25, 0.3) is 0 Å². The van der Waals surface area contributed by atoms with Gasteiger partial charge in [0.1, 0.15) is 11.9 Å². The number of rotatable bonds is 8. The van der Waals surface area contributed by atoms with Crippen LogP contribution >= 0.6 is 11.6 Å². The second-order valence-electron chi connectivity index (χ2n) is 11.3. The third-order valence-electron chi connectivity index (χ3n) is 7.19. The number of aliphatic imine (C=N–C) groups is 1. The molecule has 1 aliphatic heterocycles. The Balaban J connectivity index is 1.78. The van der Waals surface area contributed by atoms with Crippen LogP contribution in [0.3, 0.4) is 0 Å². The maximum absolute atomic E-state index is 6.55. The smallest absolute Gasteiger partial charge is 0.195 e.